The van der Waals surface area contributed by atoms with Crippen molar-refractivity contribution in [2.24, 2.45) is 15.9 Å². The predicted octanol–water partition coefficient (Wildman–Crippen LogP) is 4.68. The van der Waals surface area contributed by atoms with Crippen LogP contribution in [0.2, 0.25) is 15.1 Å². The number of halogens is 3. The Morgan fingerprint density at radius 2 is 1.92 bits per heavy atom. The summed E-state index contributed by atoms with van der Waals surface area (Å²) in [5.74, 6) is -0.849. The average Bonchev–Trinajstić information content (AvgIpc) is 2.58. The van der Waals surface area contributed by atoms with E-state index in [1.807, 2.05) is 6.07 Å². The molecule has 24 heavy (non-hydrogen) atoms. The number of rotatable bonds is 2. The van der Waals surface area contributed by atoms with E-state index in [-0.39, 0.29) is 22.3 Å². The molecule has 118 valence electrons. The summed E-state index contributed by atoms with van der Waals surface area (Å²) in [6.45, 7) is 0. The van der Waals surface area contributed by atoms with Crippen molar-refractivity contribution in [2.75, 3.05) is 0 Å². The second-order valence-electron chi connectivity index (χ2n) is 4.96. The highest BCUT2D eigenvalue weighted by atomic mass is 35.5. The lowest BCUT2D eigenvalue weighted by Gasteiger charge is -2.17. The third kappa shape index (κ3) is 3.07. The molecule has 4 nitrogen and oxygen atoms in total. The number of hydrogen-bond acceptors (Lipinski definition) is 3. The monoisotopic (exact) mass is 375 g/mol. The first-order valence-corrected chi connectivity index (χ1v) is 7.96. The van der Waals surface area contributed by atoms with Crippen LogP contribution in [0.3, 0.4) is 0 Å². The number of fused-ring (bicyclic) bond motifs is 1. The maximum atomic E-state index is 12.1. The molecule has 0 bridgehead atoms. The number of nitrogens with zero attached hydrogens (tertiary/aromatic N) is 3. The van der Waals surface area contributed by atoms with Gasteiger partial charge in [-0.1, -0.05) is 53.0 Å². The van der Waals surface area contributed by atoms with E-state index in [1.54, 1.807) is 36.4 Å². The second-order valence-corrected chi connectivity index (χ2v) is 6.15. The Hall–Kier alpha value is -2.19. The van der Waals surface area contributed by atoms with Crippen LogP contribution in [0.15, 0.2) is 52.0 Å². The Morgan fingerprint density at radius 3 is 2.67 bits per heavy atom. The van der Waals surface area contributed by atoms with Crippen LogP contribution in [0.25, 0.3) is 6.08 Å². The van der Waals surface area contributed by atoms with Gasteiger partial charge in [-0.05, 0) is 24.3 Å². The summed E-state index contributed by atoms with van der Waals surface area (Å²) in [6.07, 6.45) is 8.38. The van der Waals surface area contributed by atoms with Crippen LogP contribution in [-0.2, 0) is 4.79 Å². The van der Waals surface area contributed by atoms with Gasteiger partial charge in [0, 0.05) is 10.6 Å². The van der Waals surface area contributed by atoms with Crippen LogP contribution < -0.4 is 0 Å². The lowest BCUT2D eigenvalue weighted by molar-refractivity contribution is -0.118. The molecule has 0 fully saturated rings. The molecular weight excluding hydrogens is 369 g/mol. The minimum atomic E-state index is -0.503. The first-order valence-electron chi connectivity index (χ1n) is 6.83. The fraction of sp³-hybridized carbons (Fsp3) is 0.0588. The highest BCUT2D eigenvalue weighted by molar-refractivity contribution is 6.45. The molecule has 0 radical (unpaired) electrons. The highest BCUT2D eigenvalue weighted by Gasteiger charge is 2.27. The molecule has 2 aliphatic rings. The standard InChI is InChI=1S/C17H8Cl3N3O/c18-12-5-6-13(19)15(20)11(12)7-9(8-21)16-22-14-4-2-1-3-10(14)17(24)23-16/h1-7,10H/b9-7+. The van der Waals surface area contributed by atoms with Crippen LogP contribution in [0.1, 0.15) is 5.56 Å². The summed E-state index contributed by atoms with van der Waals surface area (Å²) in [4.78, 5) is 20.3. The van der Waals surface area contributed by atoms with Crippen LogP contribution in [0, 0.1) is 17.2 Å². The Labute approximate surface area is 153 Å². The van der Waals surface area contributed by atoms with Crippen LogP contribution in [-0.4, -0.2) is 17.5 Å². The summed E-state index contributed by atoms with van der Waals surface area (Å²) >= 11 is 18.2. The lowest BCUT2D eigenvalue weighted by atomic mass is 9.96. The van der Waals surface area contributed by atoms with Gasteiger partial charge in [0.2, 0.25) is 0 Å². The number of hydrogen-bond donors (Lipinski definition) is 0. The minimum Gasteiger partial charge on any atom is -0.271 e. The van der Waals surface area contributed by atoms with Gasteiger partial charge in [-0.2, -0.15) is 10.3 Å². The maximum Gasteiger partial charge on any atom is 0.260 e. The van der Waals surface area contributed by atoms with Gasteiger partial charge in [-0.15, -0.1) is 0 Å². The smallest absolute Gasteiger partial charge is 0.260 e. The molecule has 1 atom stereocenters. The molecule has 0 spiro atoms. The Morgan fingerprint density at radius 1 is 1.17 bits per heavy atom. The van der Waals surface area contributed by atoms with E-state index in [0.29, 0.717) is 21.3 Å². The Bertz CT molecular complexity index is 933. The average molecular weight is 377 g/mol. The van der Waals surface area contributed by atoms with Crippen molar-refractivity contribution in [2.45, 2.75) is 0 Å². The van der Waals surface area contributed by atoms with Crippen molar-refractivity contribution in [3.8, 4) is 6.07 Å². The lowest BCUT2D eigenvalue weighted by Crippen LogP contribution is -2.27. The third-order valence-electron chi connectivity index (χ3n) is 3.45. The number of allylic oxidation sites excluding steroid dienone is 3. The molecule has 1 heterocycles. The van der Waals surface area contributed by atoms with Crippen LogP contribution >= 0.6 is 34.8 Å². The van der Waals surface area contributed by atoms with Crippen LogP contribution in [0.4, 0.5) is 0 Å². The number of amides is 1. The van der Waals surface area contributed by atoms with E-state index in [2.05, 4.69) is 9.98 Å². The van der Waals surface area contributed by atoms with E-state index in [4.69, 9.17) is 34.8 Å². The zero-order chi connectivity index (χ0) is 17.3. The molecule has 7 heteroatoms. The molecule has 3 rings (SSSR count). The van der Waals surface area contributed by atoms with Gasteiger partial charge in [0.15, 0.2) is 5.84 Å². The molecule has 0 saturated carbocycles. The maximum absolute atomic E-state index is 12.1. The number of carbonyl (C=O) groups is 1. The van der Waals surface area contributed by atoms with E-state index < -0.39 is 5.92 Å². The first-order chi connectivity index (χ1) is 11.5. The Kier molecular flexibility index (Phi) is 4.68. The summed E-state index contributed by atoms with van der Waals surface area (Å²) in [7, 11) is 0. The Balaban J connectivity index is 2.08. The third-order valence-corrected chi connectivity index (χ3v) is 4.60. The van der Waals surface area contributed by atoms with Gasteiger partial charge in [-0.3, -0.25) is 4.79 Å². The normalized spacial score (nSPS) is 19.5. The fourth-order valence-electron chi connectivity index (χ4n) is 2.26. The van der Waals surface area contributed by atoms with Crippen molar-refractivity contribution in [3.05, 3.63) is 62.6 Å². The quantitative estimate of drug-likeness (QED) is 0.556. The van der Waals surface area contributed by atoms with Gasteiger partial charge in [0.25, 0.3) is 5.91 Å². The highest BCUT2D eigenvalue weighted by Crippen LogP contribution is 2.33. The van der Waals surface area contributed by atoms with Crippen molar-refractivity contribution in [3.63, 3.8) is 0 Å². The molecular formula is C17H8Cl3N3O. The number of aliphatic imine (C=N–C) groups is 2. The summed E-state index contributed by atoms with van der Waals surface area (Å²) in [6, 6.07) is 5.11. The van der Waals surface area contributed by atoms with E-state index in [1.165, 1.54) is 6.08 Å². The van der Waals surface area contributed by atoms with E-state index >= 15 is 0 Å². The SMILES string of the molecule is N#C/C(=C\c1c(Cl)ccc(Cl)c1Cl)C1=NC(=O)C2C=CC=CC2=N1. The van der Waals surface area contributed by atoms with Crippen molar-refractivity contribution < 1.29 is 4.79 Å². The molecule has 1 aromatic rings. The largest absolute Gasteiger partial charge is 0.271 e. The van der Waals surface area contributed by atoms with Gasteiger partial charge < -0.3 is 0 Å². The molecule has 1 aliphatic heterocycles. The van der Waals surface area contributed by atoms with Gasteiger partial charge >= 0.3 is 0 Å². The van der Waals surface area contributed by atoms with E-state index in [0.717, 1.165) is 0 Å². The fourth-order valence-corrected chi connectivity index (χ4v) is 2.90. The van der Waals surface area contributed by atoms with Crippen molar-refractivity contribution in [1.29, 1.82) is 5.26 Å². The summed E-state index contributed by atoms with van der Waals surface area (Å²) in [5, 5.41) is 10.3. The zero-order valence-corrected chi connectivity index (χ0v) is 14.3. The molecule has 0 saturated heterocycles. The van der Waals surface area contributed by atoms with E-state index in [9.17, 15) is 10.1 Å². The molecule has 0 N–H and O–H groups in total. The molecule has 0 aromatic heterocycles. The number of carbonyl (C=O) groups excluding carboxylic acids is 1. The minimum absolute atomic E-state index is 0.0285. The van der Waals surface area contributed by atoms with Gasteiger partial charge in [-0.25, -0.2) is 4.99 Å². The predicted molar refractivity (Wildman–Crippen MR) is 96.7 cm³/mol. The number of nitriles is 1. The number of amidine groups is 1. The first kappa shape index (κ1) is 16.7. The topological polar surface area (TPSA) is 65.6 Å². The molecule has 1 aliphatic carbocycles. The van der Waals surface area contributed by atoms with Crippen molar-refractivity contribution >= 4 is 58.3 Å². The molecule has 1 unspecified atom stereocenters. The summed E-state index contributed by atoms with van der Waals surface area (Å²) in [5.41, 5.74) is 0.985. The number of benzene rings is 1. The van der Waals surface area contributed by atoms with Crippen LogP contribution in [0.5, 0.6) is 0 Å². The molecule has 1 amide bonds. The second kappa shape index (κ2) is 6.74. The summed E-state index contributed by atoms with van der Waals surface area (Å²) < 4.78 is 0. The van der Waals surface area contributed by atoms with Crippen molar-refractivity contribution in [1.82, 2.24) is 0 Å². The molecule has 1 aromatic carbocycles. The van der Waals surface area contributed by atoms with Gasteiger partial charge in [0.05, 0.1) is 21.3 Å². The zero-order valence-electron chi connectivity index (χ0n) is 12.0. The van der Waals surface area contributed by atoms with Gasteiger partial charge in [0.1, 0.15) is 12.0 Å².